The van der Waals surface area contributed by atoms with Gasteiger partial charge in [0, 0.05) is 17.1 Å². The maximum atomic E-state index is 12.4. The van der Waals surface area contributed by atoms with E-state index in [2.05, 4.69) is 4.36 Å². The van der Waals surface area contributed by atoms with E-state index in [4.69, 9.17) is 0 Å². The molecule has 0 atom stereocenters. The van der Waals surface area contributed by atoms with Gasteiger partial charge in [-0.15, -0.1) is 0 Å². The van der Waals surface area contributed by atoms with Crippen LogP contribution in [0.3, 0.4) is 0 Å². The summed E-state index contributed by atoms with van der Waals surface area (Å²) in [5.74, 6) is 1.18. The van der Waals surface area contributed by atoms with Crippen LogP contribution in [-0.4, -0.2) is 15.7 Å². The van der Waals surface area contributed by atoms with Crippen LogP contribution in [0, 0.1) is 0 Å². The highest BCUT2D eigenvalue weighted by Gasteiger charge is 2.19. The third kappa shape index (κ3) is 2.34. The van der Waals surface area contributed by atoms with E-state index in [0.717, 1.165) is 6.42 Å². The summed E-state index contributed by atoms with van der Waals surface area (Å²) < 4.78 is 40.5. The van der Waals surface area contributed by atoms with Crippen LogP contribution in [0.2, 0.25) is 0 Å². The van der Waals surface area contributed by atoms with Crippen molar-refractivity contribution in [3.63, 3.8) is 0 Å². The SMILES string of the molecule is O=S1(=Nc2cccc(C(F)F)c2)CCC1. The van der Waals surface area contributed by atoms with E-state index in [-0.39, 0.29) is 5.56 Å². The number of hydrogen-bond donors (Lipinski definition) is 0. The van der Waals surface area contributed by atoms with E-state index in [0.29, 0.717) is 17.2 Å². The molecule has 0 spiro atoms. The van der Waals surface area contributed by atoms with Crippen molar-refractivity contribution in [1.82, 2.24) is 0 Å². The molecule has 0 amide bonds. The summed E-state index contributed by atoms with van der Waals surface area (Å²) in [6.07, 6.45) is -1.59. The van der Waals surface area contributed by atoms with Crippen molar-refractivity contribution in [2.75, 3.05) is 11.5 Å². The summed E-state index contributed by atoms with van der Waals surface area (Å²) in [5, 5.41) is 0. The van der Waals surface area contributed by atoms with Gasteiger partial charge in [-0.2, -0.15) is 4.36 Å². The second-order valence-corrected chi connectivity index (χ2v) is 6.07. The van der Waals surface area contributed by atoms with Crippen LogP contribution in [-0.2, 0) is 9.73 Å². The van der Waals surface area contributed by atoms with Crippen LogP contribution in [0.4, 0.5) is 14.5 Å². The molecule has 2 nitrogen and oxygen atoms in total. The Labute approximate surface area is 87.5 Å². The molecule has 0 aromatic heterocycles. The fraction of sp³-hybridized carbons (Fsp3) is 0.400. The average Bonchev–Trinajstić information content (AvgIpc) is 2.16. The zero-order valence-corrected chi connectivity index (χ0v) is 8.84. The molecule has 1 heterocycles. The molecule has 1 saturated heterocycles. The third-order valence-electron chi connectivity index (χ3n) is 2.32. The molecule has 0 unspecified atom stereocenters. The molecule has 15 heavy (non-hydrogen) atoms. The van der Waals surface area contributed by atoms with Crippen LogP contribution in [0.5, 0.6) is 0 Å². The van der Waals surface area contributed by atoms with Gasteiger partial charge < -0.3 is 0 Å². The van der Waals surface area contributed by atoms with Gasteiger partial charge in [0.05, 0.1) is 15.4 Å². The molecular formula is C10H11F2NOS. The maximum Gasteiger partial charge on any atom is 0.263 e. The smallest absolute Gasteiger partial charge is 0.249 e. The first-order valence-electron chi connectivity index (χ1n) is 4.70. The predicted molar refractivity (Wildman–Crippen MR) is 56.0 cm³/mol. The predicted octanol–water partition coefficient (Wildman–Crippen LogP) is 3.13. The standard InChI is InChI=1S/C10H11F2NOS/c11-10(12)8-3-1-4-9(7-8)13-15(14)5-2-6-15/h1,3-4,7,10H,2,5-6H2. The first-order valence-corrected chi connectivity index (χ1v) is 6.55. The molecule has 0 radical (unpaired) electrons. The molecule has 82 valence electrons. The van der Waals surface area contributed by atoms with Gasteiger partial charge in [-0.25, -0.2) is 13.0 Å². The van der Waals surface area contributed by atoms with Crippen molar-refractivity contribution in [2.45, 2.75) is 12.8 Å². The molecule has 1 fully saturated rings. The maximum absolute atomic E-state index is 12.4. The topological polar surface area (TPSA) is 29.4 Å². The van der Waals surface area contributed by atoms with Gasteiger partial charge in [0.2, 0.25) is 0 Å². The highest BCUT2D eigenvalue weighted by Crippen LogP contribution is 2.26. The summed E-state index contributed by atoms with van der Waals surface area (Å²) >= 11 is 0. The zero-order chi connectivity index (χ0) is 10.9. The molecule has 0 bridgehead atoms. The monoisotopic (exact) mass is 231 g/mol. The molecule has 0 N–H and O–H groups in total. The Kier molecular flexibility index (Phi) is 2.73. The Morgan fingerprint density at radius 2 is 2.07 bits per heavy atom. The van der Waals surface area contributed by atoms with Crippen molar-refractivity contribution in [3.05, 3.63) is 29.8 Å². The minimum Gasteiger partial charge on any atom is -0.249 e. The minimum absolute atomic E-state index is 0.0708. The number of alkyl halides is 2. The van der Waals surface area contributed by atoms with E-state index in [1.165, 1.54) is 18.2 Å². The van der Waals surface area contributed by atoms with Gasteiger partial charge in [-0.1, -0.05) is 12.1 Å². The lowest BCUT2D eigenvalue weighted by atomic mass is 10.2. The molecular weight excluding hydrogens is 220 g/mol. The Hall–Kier alpha value is -0.970. The summed E-state index contributed by atoms with van der Waals surface area (Å²) in [5.41, 5.74) is 0.330. The lowest BCUT2D eigenvalue weighted by Crippen LogP contribution is -2.22. The van der Waals surface area contributed by atoms with Crippen LogP contribution in [0.25, 0.3) is 0 Å². The van der Waals surface area contributed by atoms with Crippen molar-refractivity contribution >= 4 is 15.4 Å². The van der Waals surface area contributed by atoms with Crippen molar-refractivity contribution in [2.24, 2.45) is 4.36 Å². The summed E-state index contributed by atoms with van der Waals surface area (Å²) in [6.45, 7) is 0. The fourth-order valence-corrected chi connectivity index (χ4v) is 2.85. The molecule has 0 saturated carbocycles. The summed E-state index contributed by atoms with van der Waals surface area (Å²) in [6, 6.07) is 5.77. The molecule has 0 aliphatic carbocycles. The first kappa shape index (κ1) is 10.5. The molecule has 1 aliphatic rings. The molecule has 1 aromatic rings. The Bertz CT molecular complexity index is 468. The highest BCUT2D eigenvalue weighted by molar-refractivity contribution is 7.95. The quantitative estimate of drug-likeness (QED) is 0.768. The number of rotatable bonds is 2. The molecule has 5 heteroatoms. The van der Waals surface area contributed by atoms with Gasteiger partial charge in [-0.3, -0.25) is 0 Å². The summed E-state index contributed by atoms with van der Waals surface area (Å²) in [4.78, 5) is 0. The molecule has 1 aromatic carbocycles. The van der Waals surface area contributed by atoms with Crippen LogP contribution in [0.15, 0.2) is 28.6 Å². The number of hydrogen-bond acceptors (Lipinski definition) is 2. The van der Waals surface area contributed by atoms with E-state index in [1.54, 1.807) is 6.07 Å². The second-order valence-electron chi connectivity index (χ2n) is 3.52. The third-order valence-corrected chi connectivity index (χ3v) is 4.72. The van der Waals surface area contributed by atoms with Gasteiger partial charge in [0.15, 0.2) is 0 Å². The van der Waals surface area contributed by atoms with Crippen LogP contribution >= 0.6 is 0 Å². The first-order chi connectivity index (χ1) is 7.09. The Morgan fingerprint density at radius 3 is 2.60 bits per heavy atom. The van der Waals surface area contributed by atoms with Gasteiger partial charge >= 0.3 is 0 Å². The van der Waals surface area contributed by atoms with Gasteiger partial charge in [-0.05, 0) is 18.6 Å². The normalized spacial score (nSPS) is 18.6. The molecule has 1 aliphatic heterocycles. The number of nitrogens with zero attached hydrogens (tertiary/aromatic N) is 1. The lowest BCUT2D eigenvalue weighted by Gasteiger charge is -2.17. The fourth-order valence-electron chi connectivity index (χ4n) is 1.39. The lowest BCUT2D eigenvalue weighted by molar-refractivity contribution is 0.151. The summed E-state index contributed by atoms with van der Waals surface area (Å²) in [7, 11) is -2.10. The second kappa shape index (κ2) is 3.89. The van der Waals surface area contributed by atoms with Gasteiger partial charge in [0.25, 0.3) is 6.43 Å². The Balaban J connectivity index is 2.34. The van der Waals surface area contributed by atoms with E-state index in [1.807, 2.05) is 0 Å². The van der Waals surface area contributed by atoms with Crippen molar-refractivity contribution < 1.29 is 13.0 Å². The van der Waals surface area contributed by atoms with Gasteiger partial charge in [0.1, 0.15) is 0 Å². The van der Waals surface area contributed by atoms with Crippen molar-refractivity contribution in [1.29, 1.82) is 0 Å². The zero-order valence-electron chi connectivity index (χ0n) is 8.03. The van der Waals surface area contributed by atoms with Crippen LogP contribution < -0.4 is 0 Å². The minimum atomic E-state index is -2.50. The van der Waals surface area contributed by atoms with E-state index >= 15 is 0 Å². The van der Waals surface area contributed by atoms with E-state index < -0.39 is 16.2 Å². The number of halogens is 2. The Morgan fingerprint density at radius 1 is 1.33 bits per heavy atom. The van der Waals surface area contributed by atoms with Crippen LogP contribution in [0.1, 0.15) is 18.4 Å². The van der Waals surface area contributed by atoms with Crippen molar-refractivity contribution in [3.8, 4) is 0 Å². The largest absolute Gasteiger partial charge is 0.263 e. The van der Waals surface area contributed by atoms with E-state index in [9.17, 15) is 13.0 Å². The highest BCUT2D eigenvalue weighted by atomic mass is 32.2. The average molecular weight is 231 g/mol. The molecule has 2 rings (SSSR count). The number of benzene rings is 1.